The van der Waals surface area contributed by atoms with Gasteiger partial charge in [0.1, 0.15) is 0 Å². The number of ether oxygens (including phenoxy) is 1. The van der Waals surface area contributed by atoms with Crippen molar-refractivity contribution in [3.8, 4) is 0 Å². The topological polar surface area (TPSA) is 9.23 Å². The van der Waals surface area contributed by atoms with Crippen molar-refractivity contribution in [3.05, 3.63) is 70.7 Å². The number of hydrogen-bond donors (Lipinski definition) is 0. The van der Waals surface area contributed by atoms with Crippen molar-refractivity contribution in [2.75, 3.05) is 6.61 Å². The zero-order valence-corrected chi connectivity index (χ0v) is 10.8. The molecule has 0 radical (unpaired) electrons. The van der Waals surface area contributed by atoms with Crippen molar-refractivity contribution in [2.24, 2.45) is 0 Å². The summed E-state index contributed by atoms with van der Waals surface area (Å²) in [6.07, 6.45) is 1.25. The van der Waals surface area contributed by atoms with Crippen molar-refractivity contribution < 1.29 is 4.74 Å². The van der Waals surface area contributed by atoms with Gasteiger partial charge in [-0.05, 0) is 29.7 Å². The van der Waals surface area contributed by atoms with Gasteiger partial charge < -0.3 is 4.74 Å². The lowest BCUT2D eigenvalue weighted by atomic mass is 9.94. The molecule has 1 aliphatic rings. The SMILES string of the molecule is Clc1ccc([C@@H]2C[C@@H](c3ccccc3)CO2)cc1. The van der Waals surface area contributed by atoms with Gasteiger partial charge in [0, 0.05) is 10.9 Å². The molecule has 3 rings (SSSR count). The first kappa shape index (κ1) is 11.8. The fraction of sp³-hybridized carbons (Fsp3) is 0.250. The summed E-state index contributed by atoms with van der Waals surface area (Å²) in [6, 6.07) is 18.6. The van der Waals surface area contributed by atoms with Crippen LogP contribution in [0.3, 0.4) is 0 Å². The summed E-state index contributed by atoms with van der Waals surface area (Å²) in [5.41, 5.74) is 2.59. The van der Waals surface area contributed by atoms with E-state index < -0.39 is 0 Å². The molecule has 1 heterocycles. The average Bonchev–Trinajstić information content (AvgIpc) is 2.90. The molecule has 2 aromatic rings. The van der Waals surface area contributed by atoms with Crippen LogP contribution in [0.25, 0.3) is 0 Å². The van der Waals surface area contributed by atoms with E-state index >= 15 is 0 Å². The van der Waals surface area contributed by atoms with Crippen LogP contribution in [0.4, 0.5) is 0 Å². The van der Waals surface area contributed by atoms with Gasteiger partial charge in [0.15, 0.2) is 0 Å². The van der Waals surface area contributed by atoms with E-state index in [1.54, 1.807) is 0 Å². The minimum absolute atomic E-state index is 0.201. The van der Waals surface area contributed by atoms with Gasteiger partial charge in [0.2, 0.25) is 0 Å². The largest absolute Gasteiger partial charge is 0.373 e. The lowest BCUT2D eigenvalue weighted by molar-refractivity contribution is 0.110. The van der Waals surface area contributed by atoms with Crippen molar-refractivity contribution in [3.63, 3.8) is 0 Å². The number of halogens is 1. The Labute approximate surface area is 112 Å². The molecule has 0 spiro atoms. The molecule has 0 aliphatic carbocycles. The molecular weight excluding hydrogens is 244 g/mol. The molecule has 0 amide bonds. The van der Waals surface area contributed by atoms with Crippen LogP contribution in [0.5, 0.6) is 0 Å². The van der Waals surface area contributed by atoms with Gasteiger partial charge in [-0.25, -0.2) is 0 Å². The van der Waals surface area contributed by atoms with Crippen LogP contribution in [-0.4, -0.2) is 6.61 Å². The summed E-state index contributed by atoms with van der Waals surface area (Å²) >= 11 is 5.90. The Kier molecular flexibility index (Phi) is 3.35. The van der Waals surface area contributed by atoms with Crippen molar-refractivity contribution in [2.45, 2.75) is 18.4 Å². The predicted octanol–water partition coefficient (Wildman–Crippen LogP) is 4.59. The van der Waals surface area contributed by atoms with E-state index in [-0.39, 0.29) is 6.10 Å². The van der Waals surface area contributed by atoms with Crippen molar-refractivity contribution in [1.82, 2.24) is 0 Å². The molecular formula is C16H15ClO. The van der Waals surface area contributed by atoms with E-state index in [2.05, 4.69) is 42.5 Å². The molecule has 0 bridgehead atoms. The highest BCUT2D eigenvalue weighted by molar-refractivity contribution is 6.30. The fourth-order valence-corrected chi connectivity index (χ4v) is 2.62. The lowest BCUT2D eigenvalue weighted by Crippen LogP contribution is -1.96. The zero-order valence-electron chi connectivity index (χ0n) is 10.1. The third kappa shape index (κ3) is 2.43. The molecule has 0 N–H and O–H groups in total. The summed E-state index contributed by atoms with van der Waals surface area (Å²) < 4.78 is 5.90. The quantitative estimate of drug-likeness (QED) is 0.766. The van der Waals surface area contributed by atoms with E-state index in [0.29, 0.717) is 5.92 Å². The molecule has 1 saturated heterocycles. The molecule has 18 heavy (non-hydrogen) atoms. The minimum Gasteiger partial charge on any atom is -0.373 e. The third-order valence-corrected chi connectivity index (χ3v) is 3.76. The second-order valence-electron chi connectivity index (χ2n) is 4.72. The second kappa shape index (κ2) is 5.13. The van der Waals surface area contributed by atoms with E-state index in [0.717, 1.165) is 18.1 Å². The molecule has 2 aromatic carbocycles. The number of benzene rings is 2. The minimum atomic E-state index is 0.201. The molecule has 1 aliphatic heterocycles. The van der Waals surface area contributed by atoms with Crippen molar-refractivity contribution in [1.29, 1.82) is 0 Å². The molecule has 1 nitrogen and oxygen atoms in total. The maximum atomic E-state index is 5.90. The van der Waals surface area contributed by atoms with E-state index in [9.17, 15) is 0 Å². The summed E-state index contributed by atoms with van der Waals surface area (Å²) in [5, 5.41) is 0.774. The van der Waals surface area contributed by atoms with E-state index in [4.69, 9.17) is 16.3 Å². The molecule has 2 atom stereocenters. The first-order valence-corrected chi connectivity index (χ1v) is 6.63. The predicted molar refractivity (Wildman–Crippen MR) is 73.9 cm³/mol. The summed E-state index contributed by atoms with van der Waals surface area (Å²) in [7, 11) is 0. The molecule has 0 aromatic heterocycles. The highest BCUT2D eigenvalue weighted by atomic mass is 35.5. The van der Waals surface area contributed by atoms with Gasteiger partial charge in [-0.3, -0.25) is 0 Å². The molecule has 0 saturated carbocycles. The van der Waals surface area contributed by atoms with E-state index in [1.807, 2.05) is 12.1 Å². The summed E-state index contributed by atoms with van der Waals surface area (Å²) in [6.45, 7) is 0.803. The first-order valence-electron chi connectivity index (χ1n) is 6.25. The van der Waals surface area contributed by atoms with E-state index in [1.165, 1.54) is 11.1 Å². The molecule has 1 fully saturated rings. The zero-order chi connectivity index (χ0) is 12.4. The lowest BCUT2D eigenvalue weighted by Gasteiger charge is -2.10. The molecule has 0 unspecified atom stereocenters. The van der Waals surface area contributed by atoms with Crippen molar-refractivity contribution >= 4 is 11.6 Å². The van der Waals surface area contributed by atoms with Gasteiger partial charge in [-0.2, -0.15) is 0 Å². The summed E-state index contributed by atoms with van der Waals surface area (Å²) in [5.74, 6) is 0.506. The first-order chi connectivity index (χ1) is 8.83. The van der Waals surface area contributed by atoms with Gasteiger partial charge >= 0.3 is 0 Å². The van der Waals surface area contributed by atoms with Crippen LogP contribution in [0.1, 0.15) is 29.6 Å². The highest BCUT2D eigenvalue weighted by Gasteiger charge is 2.27. The standard InChI is InChI=1S/C16H15ClO/c17-15-8-6-13(7-9-15)16-10-14(11-18-16)12-4-2-1-3-5-12/h1-9,14,16H,10-11H2/t14-,16+/m1/s1. The van der Waals surface area contributed by atoms with Crippen LogP contribution < -0.4 is 0 Å². The smallest absolute Gasteiger partial charge is 0.0831 e. The maximum Gasteiger partial charge on any atom is 0.0831 e. The Morgan fingerprint density at radius 2 is 1.61 bits per heavy atom. The monoisotopic (exact) mass is 258 g/mol. The average molecular weight is 259 g/mol. The van der Waals surface area contributed by atoms with Crippen LogP contribution in [-0.2, 0) is 4.74 Å². The number of rotatable bonds is 2. The Morgan fingerprint density at radius 1 is 0.889 bits per heavy atom. The Balaban J connectivity index is 1.74. The Hall–Kier alpha value is -1.31. The summed E-state index contributed by atoms with van der Waals surface area (Å²) in [4.78, 5) is 0. The van der Waals surface area contributed by atoms with Gasteiger partial charge in [0.25, 0.3) is 0 Å². The number of hydrogen-bond acceptors (Lipinski definition) is 1. The molecule has 92 valence electrons. The van der Waals surface area contributed by atoms with Crippen LogP contribution in [0.2, 0.25) is 5.02 Å². The Morgan fingerprint density at radius 3 is 2.33 bits per heavy atom. The van der Waals surface area contributed by atoms with Crippen LogP contribution >= 0.6 is 11.6 Å². The normalized spacial score (nSPS) is 23.2. The van der Waals surface area contributed by atoms with Gasteiger partial charge in [0.05, 0.1) is 12.7 Å². The van der Waals surface area contributed by atoms with Crippen LogP contribution in [0, 0.1) is 0 Å². The maximum absolute atomic E-state index is 5.90. The van der Waals surface area contributed by atoms with Crippen LogP contribution in [0.15, 0.2) is 54.6 Å². The fourth-order valence-electron chi connectivity index (χ4n) is 2.49. The van der Waals surface area contributed by atoms with Gasteiger partial charge in [-0.1, -0.05) is 54.1 Å². The Bertz CT molecular complexity index is 506. The highest BCUT2D eigenvalue weighted by Crippen LogP contribution is 2.38. The second-order valence-corrected chi connectivity index (χ2v) is 5.15. The molecule has 2 heteroatoms. The third-order valence-electron chi connectivity index (χ3n) is 3.51. The van der Waals surface area contributed by atoms with Gasteiger partial charge in [-0.15, -0.1) is 0 Å².